The van der Waals surface area contributed by atoms with Crippen LogP contribution in [-0.2, 0) is 21.2 Å². The quantitative estimate of drug-likeness (QED) is 0.595. The standard InChI is InChI=1S/C19H26N4O4S2/c1-2-3-10-22(16-9-11-29(26,27)14-16)17(24)13-28-19-21-20-18(25)23(19)12-15-7-5-4-6-8-15/h4-8,16H,2-3,9-14H2,1H3,(H,20,25)/t16-/m0/s1. The van der Waals surface area contributed by atoms with Gasteiger partial charge in [-0.15, -0.1) is 5.10 Å². The van der Waals surface area contributed by atoms with E-state index in [1.807, 2.05) is 37.3 Å². The Bertz CT molecular complexity index is 985. The fourth-order valence-electron chi connectivity index (χ4n) is 3.39. The van der Waals surface area contributed by atoms with Gasteiger partial charge in [-0.05, 0) is 18.4 Å². The molecule has 0 bridgehead atoms. The molecule has 1 aliphatic heterocycles. The van der Waals surface area contributed by atoms with Crippen LogP contribution >= 0.6 is 11.8 Å². The molecule has 1 aliphatic rings. The number of sulfone groups is 1. The smallest absolute Gasteiger partial charge is 0.338 e. The summed E-state index contributed by atoms with van der Waals surface area (Å²) in [5.74, 6) is 0.164. The molecule has 158 valence electrons. The number of benzene rings is 1. The third-order valence-electron chi connectivity index (χ3n) is 4.95. The Morgan fingerprint density at radius 3 is 2.76 bits per heavy atom. The van der Waals surface area contributed by atoms with Gasteiger partial charge in [0, 0.05) is 12.6 Å². The molecule has 29 heavy (non-hydrogen) atoms. The van der Waals surface area contributed by atoms with E-state index in [2.05, 4.69) is 10.2 Å². The van der Waals surface area contributed by atoms with Gasteiger partial charge in [0.1, 0.15) is 0 Å². The normalized spacial score (nSPS) is 18.0. The van der Waals surface area contributed by atoms with Crippen molar-refractivity contribution in [2.75, 3.05) is 23.8 Å². The van der Waals surface area contributed by atoms with E-state index in [9.17, 15) is 18.0 Å². The van der Waals surface area contributed by atoms with Crippen LogP contribution in [0.15, 0.2) is 40.3 Å². The number of H-pyrrole nitrogens is 1. The van der Waals surface area contributed by atoms with Crippen molar-refractivity contribution < 1.29 is 13.2 Å². The van der Waals surface area contributed by atoms with Crippen LogP contribution in [0.3, 0.4) is 0 Å². The number of unbranched alkanes of at least 4 members (excludes halogenated alkanes) is 1. The first kappa shape index (κ1) is 21.6. The molecule has 1 amide bonds. The van der Waals surface area contributed by atoms with E-state index in [1.165, 1.54) is 16.3 Å². The first-order chi connectivity index (χ1) is 13.9. The first-order valence-electron chi connectivity index (χ1n) is 9.71. The van der Waals surface area contributed by atoms with E-state index in [0.717, 1.165) is 18.4 Å². The van der Waals surface area contributed by atoms with Gasteiger partial charge in [-0.3, -0.25) is 9.36 Å². The monoisotopic (exact) mass is 438 g/mol. The van der Waals surface area contributed by atoms with E-state index < -0.39 is 9.84 Å². The number of aromatic amines is 1. The number of carbonyl (C=O) groups is 1. The Morgan fingerprint density at radius 1 is 1.34 bits per heavy atom. The Morgan fingerprint density at radius 2 is 2.10 bits per heavy atom. The van der Waals surface area contributed by atoms with Crippen molar-refractivity contribution in [2.24, 2.45) is 0 Å². The maximum Gasteiger partial charge on any atom is 0.344 e. The second kappa shape index (κ2) is 9.62. The summed E-state index contributed by atoms with van der Waals surface area (Å²) in [6.45, 7) is 2.95. The van der Waals surface area contributed by atoms with Crippen LogP contribution in [0.4, 0.5) is 0 Å². The highest BCUT2D eigenvalue weighted by atomic mass is 32.2. The Hall–Kier alpha value is -2.07. The number of hydrogen-bond acceptors (Lipinski definition) is 6. The Labute approximate surface area is 174 Å². The van der Waals surface area contributed by atoms with Crippen LogP contribution in [0.1, 0.15) is 31.7 Å². The lowest BCUT2D eigenvalue weighted by atomic mass is 10.2. The predicted octanol–water partition coefficient (Wildman–Crippen LogP) is 1.53. The van der Waals surface area contributed by atoms with Gasteiger partial charge in [-0.25, -0.2) is 18.3 Å². The number of amides is 1. The van der Waals surface area contributed by atoms with Crippen molar-refractivity contribution >= 4 is 27.5 Å². The van der Waals surface area contributed by atoms with Crippen LogP contribution in [0.2, 0.25) is 0 Å². The van der Waals surface area contributed by atoms with Gasteiger partial charge in [0.15, 0.2) is 15.0 Å². The summed E-state index contributed by atoms with van der Waals surface area (Å²) in [5.41, 5.74) is 0.637. The van der Waals surface area contributed by atoms with Crippen LogP contribution in [-0.4, -0.2) is 63.8 Å². The first-order valence-corrected chi connectivity index (χ1v) is 12.5. The molecule has 1 aromatic heterocycles. The minimum absolute atomic E-state index is 0.0360. The second-order valence-corrected chi connectivity index (χ2v) is 10.3. The maximum atomic E-state index is 12.9. The summed E-state index contributed by atoms with van der Waals surface area (Å²) < 4.78 is 25.2. The molecular weight excluding hydrogens is 412 g/mol. The molecule has 3 rings (SSSR count). The highest BCUT2D eigenvalue weighted by Crippen LogP contribution is 2.21. The molecule has 1 aromatic carbocycles. The SMILES string of the molecule is CCCCN(C(=O)CSc1n[nH]c(=O)n1Cc1ccccc1)[C@H]1CCS(=O)(=O)C1. The number of nitrogens with zero attached hydrogens (tertiary/aromatic N) is 3. The average Bonchev–Trinajstić information content (AvgIpc) is 3.23. The van der Waals surface area contributed by atoms with E-state index >= 15 is 0 Å². The Kier molecular flexibility index (Phi) is 7.18. The molecule has 1 atom stereocenters. The third-order valence-corrected chi connectivity index (χ3v) is 7.67. The summed E-state index contributed by atoms with van der Waals surface area (Å²) in [4.78, 5) is 26.7. The molecule has 0 unspecified atom stereocenters. The molecule has 0 spiro atoms. The molecule has 0 aliphatic carbocycles. The lowest BCUT2D eigenvalue weighted by Crippen LogP contribution is -2.42. The number of rotatable bonds is 9. The summed E-state index contributed by atoms with van der Waals surface area (Å²) in [6, 6.07) is 9.29. The minimum Gasteiger partial charge on any atom is -0.338 e. The zero-order valence-corrected chi connectivity index (χ0v) is 18.0. The van der Waals surface area contributed by atoms with E-state index in [4.69, 9.17) is 0 Å². The van der Waals surface area contributed by atoms with Crippen LogP contribution in [0.25, 0.3) is 0 Å². The van der Waals surface area contributed by atoms with Crippen LogP contribution < -0.4 is 5.69 Å². The van der Waals surface area contributed by atoms with Gasteiger partial charge in [0.2, 0.25) is 5.91 Å². The van der Waals surface area contributed by atoms with Gasteiger partial charge >= 0.3 is 5.69 Å². The number of nitrogens with one attached hydrogen (secondary N) is 1. The number of aromatic nitrogens is 3. The molecule has 0 radical (unpaired) electrons. The second-order valence-electron chi connectivity index (χ2n) is 7.17. The molecule has 8 nitrogen and oxygen atoms in total. The topological polar surface area (TPSA) is 105 Å². The lowest BCUT2D eigenvalue weighted by Gasteiger charge is -2.28. The maximum absolute atomic E-state index is 12.9. The highest BCUT2D eigenvalue weighted by Gasteiger charge is 2.34. The van der Waals surface area contributed by atoms with Crippen molar-refractivity contribution in [3.63, 3.8) is 0 Å². The van der Waals surface area contributed by atoms with E-state index in [0.29, 0.717) is 24.7 Å². The van der Waals surface area contributed by atoms with Gasteiger partial charge in [0.25, 0.3) is 0 Å². The van der Waals surface area contributed by atoms with Crippen molar-refractivity contribution in [1.82, 2.24) is 19.7 Å². The number of thioether (sulfide) groups is 1. The summed E-state index contributed by atoms with van der Waals surface area (Å²) in [7, 11) is -3.07. The summed E-state index contributed by atoms with van der Waals surface area (Å²) in [5, 5.41) is 6.94. The zero-order valence-electron chi connectivity index (χ0n) is 16.4. The predicted molar refractivity (Wildman–Crippen MR) is 113 cm³/mol. The van der Waals surface area contributed by atoms with Gasteiger partial charge in [-0.1, -0.05) is 55.4 Å². The largest absolute Gasteiger partial charge is 0.344 e. The molecule has 1 fully saturated rings. The molecular formula is C19H26N4O4S2. The van der Waals surface area contributed by atoms with Crippen molar-refractivity contribution in [2.45, 2.75) is 43.9 Å². The molecule has 10 heteroatoms. The lowest BCUT2D eigenvalue weighted by molar-refractivity contribution is -0.130. The molecule has 1 N–H and O–H groups in total. The molecule has 1 saturated heterocycles. The van der Waals surface area contributed by atoms with Gasteiger partial charge in [-0.2, -0.15) is 0 Å². The van der Waals surface area contributed by atoms with Gasteiger partial charge in [0.05, 0.1) is 23.8 Å². The summed E-state index contributed by atoms with van der Waals surface area (Å²) in [6.07, 6.45) is 2.24. The number of carbonyl (C=O) groups excluding carboxylic acids is 1. The molecule has 0 saturated carbocycles. The Balaban J connectivity index is 1.68. The van der Waals surface area contributed by atoms with Crippen molar-refractivity contribution in [1.29, 1.82) is 0 Å². The zero-order chi connectivity index (χ0) is 20.9. The fourth-order valence-corrected chi connectivity index (χ4v) is 5.95. The minimum atomic E-state index is -3.07. The van der Waals surface area contributed by atoms with E-state index in [1.54, 1.807) is 4.90 Å². The average molecular weight is 439 g/mol. The highest BCUT2D eigenvalue weighted by molar-refractivity contribution is 7.99. The third kappa shape index (κ3) is 5.72. The molecule has 2 aromatic rings. The number of hydrogen-bond donors (Lipinski definition) is 1. The molecule has 2 heterocycles. The van der Waals surface area contributed by atoms with E-state index in [-0.39, 0.29) is 34.9 Å². The van der Waals surface area contributed by atoms with Crippen LogP contribution in [0.5, 0.6) is 0 Å². The fraction of sp³-hybridized carbons (Fsp3) is 0.526. The summed E-state index contributed by atoms with van der Waals surface area (Å²) >= 11 is 1.20. The van der Waals surface area contributed by atoms with Gasteiger partial charge < -0.3 is 4.90 Å². The van der Waals surface area contributed by atoms with Crippen molar-refractivity contribution in [3.8, 4) is 0 Å². The van der Waals surface area contributed by atoms with Crippen molar-refractivity contribution in [3.05, 3.63) is 46.4 Å². The van der Waals surface area contributed by atoms with Crippen LogP contribution in [0, 0.1) is 0 Å².